The molecule has 1 unspecified atom stereocenters. The predicted octanol–water partition coefficient (Wildman–Crippen LogP) is 2.13. The Labute approximate surface area is 110 Å². The average molecular weight is 260 g/mol. The first-order chi connectivity index (χ1) is 8.83. The number of rotatable bonds is 2. The summed E-state index contributed by atoms with van der Waals surface area (Å²) < 4.78 is 0. The molecule has 0 bridgehead atoms. The normalized spacial score (nSPS) is 20.1. The molecule has 0 radical (unpaired) electrons. The number of thiophene rings is 1. The van der Waals surface area contributed by atoms with Crippen molar-refractivity contribution in [1.82, 2.24) is 9.97 Å². The first kappa shape index (κ1) is 11.6. The Morgan fingerprint density at radius 3 is 3.11 bits per heavy atom. The third-order valence-electron chi connectivity index (χ3n) is 3.21. The Kier molecular flexibility index (Phi) is 3.25. The molecule has 1 fully saturated rings. The summed E-state index contributed by atoms with van der Waals surface area (Å²) in [5, 5.41) is 2.06. The topological polar surface area (TPSA) is 55.0 Å². The molecule has 2 N–H and O–H groups in total. The number of nitrogens with zero attached hydrogens (tertiary/aromatic N) is 3. The second-order valence-corrected chi connectivity index (χ2v) is 5.53. The number of hydrogen-bond donors (Lipinski definition) is 1. The van der Waals surface area contributed by atoms with Crippen LogP contribution < -0.4 is 10.6 Å². The van der Waals surface area contributed by atoms with Crippen LogP contribution in [-0.4, -0.2) is 29.1 Å². The third kappa shape index (κ3) is 2.37. The number of nitrogens with two attached hydrogens (primary N) is 1. The predicted molar refractivity (Wildman–Crippen MR) is 74.8 cm³/mol. The summed E-state index contributed by atoms with van der Waals surface area (Å²) in [5.74, 6) is 0.989. The Balaban J connectivity index is 1.86. The van der Waals surface area contributed by atoms with E-state index in [0.29, 0.717) is 0 Å². The van der Waals surface area contributed by atoms with Crippen LogP contribution in [0.1, 0.15) is 12.8 Å². The van der Waals surface area contributed by atoms with Crippen LogP contribution in [0.4, 0.5) is 5.82 Å². The van der Waals surface area contributed by atoms with E-state index < -0.39 is 0 Å². The van der Waals surface area contributed by atoms with Gasteiger partial charge < -0.3 is 10.6 Å². The number of aromatic nitrogens is 2. The molecule has 2 aromatic heterocycles. The first-order valence-corrected chi connectivity index (χ1v) is 7.07. The van der Waals surface area contributed by atoms with Gasteiger partial charge in [0.25, 0.3) is 0 Å². The summed E-state index contributed by atoms with van der Waals surface area (Å²) in [6.45, 7) is 1.93. The minimum atomic E-state index is 0.263. The number of piperidine rings is 1. The lowest BCUT2D eigenvalue weighted by atomic mass is 10.1. The second-order valence-electron chi connectivity index (χ2n) is 4.59. The molecule has 94 valence electrons. The zero-order valence-electron chi connectivity index (χ0n) is 10.1. The van der Waals surface area contributed by atoms with E-state index in [1.54, 1.807) is 17.7 Å². The summed E-state index contributed by atoms with van der Waals surface area (Å²) in [4.78, 5) is 12.1. The molecule has 3 heterocycles. The van der Waals surface area contributed by atoms with Gasteiger partial charge in [0.15, 0.2) is 0 Å². The standard InChI is InChI=1S/C13H16N4S/c14-10-3-1-5-17(8-10)13-7-11(15-9-16-13)12-4-2-6-18-12/h2,4,6-7,9-10H,1,3,5,8,14H2. The Morgan fingerprint density at radius 2 is 2.33 bits per heavy atom. The van der Waals surface area contributed by atoms with Gasteiger partial charge >= 0.3 is 0 Å². The van der Waals surface area contributed by atoms with Gasteiger partial charge in [-0.15, -0.1) is 11.3 Å². The van der Waals surface area contributed by atoms with Crippen molar-refractivity contribution in [3.63, 3.8) is 0 Å². The molecule has 0 aromatic carbocycles. The molecule has 18 heavy (non-hydrogen) atoms. The van der Waals surface area contributed by atoms with Gasteiger partial charge in [-0.2, -0.15) is 0 Å². The fourth-order valence-corrected chi connectivity index (χ4v) is 2.99. The zero-order chi connectivity index (χ0) is 12.4. The molecule has 0 aliphatic carbocycles. The molecule has 1 atom stereocenters. The SMILES string of the molecule is NC1CCCN(c2cc(-c3cccs3)ncn2)C1. The van der Waals surface area contributed by atoms with Gasteiger partial charge in [0.1, 0.15) is 12.1 Å². The highest BCUT2D eigenvalue weighted by Gasteiger charge is 2.18. The fraction of sp³-hybridized carbons (Fsp3) is 0.385. The van der Waals surface area contributed by atoms with Crippen molar-refractivity contribution in [2.75, 3.05) is 18.0 Å². The van der Waals surface area contributed by atoms with E-state index in [4.69, 9.17) is 5.73 Å². The van der Waals surface area contributed by atoms with E-state index in [-0.39, 0.29) is 6.04 Å². The third-order valence-corrected chi connectivity index (χ3v) is 4.10. The van der Waals surface area contributed by atoms with E-state index >= 15 is 0 Å². The van der Waals surface area contributed by atoms with Gasteiger partial charge in [0.2, 0.25) is 0 Å². The smallest absolute Gasteiger partial charge is 0.132 e. The van der Waals surface area contributed by atoms with Crippen LogP contribution in [0.5, 0.6) is 0 Å². The van der Waals surface area contributed by atoms with Gasteiger partial charge in [-0.3, -0.25) is 0 Å². The van der Waals surface area contributed by atoms with Gasteiger partial charge in [0, 0.05) is 25.2 Å². The Hall–Kier alpha value is -1.46. The minimum absolute atomic E-state index is 0.263. The van der Waals surface area contributed by atoms with Crippen LogP contribution in [0.2, 0.25) is 0 Å². The molecule has 0 saturated carbocycles. The second kappa shape index (κ2) is 5.04. The Morgan fingerprint density at radius 1 is 1.39 bits per heavy atom. The Bertz CT molecular complexity index is 511. The van der Waals surface area contributed by atoms with Crippen molar-refractivity contribution in [3.05, 3.63) is 29.9 Å². The van der Waals surface area contributed by atoms with Crippen molar-refractivity contribution in [3.8, 4) is 10.6 Å². The monoisotopic (exact) mass is 260 g/mol. The van der Waals surface area contributed by atoms with E-state index in [2.05, 4.69) is 32.4 Å². The van der Waals surface area contributed by atoms with Crippen LogP contribution in [0.15, 0.2) is 29.9 Å². The van der Waals surface area contributed by atoms with Crippen molar-refractivity contribution in [1.29, 1.82) is 0 Å². The number of hydrogen-bond acceptors (Lipinski definition) is 5. The summed E-state index contributed by atoms with van der Waals surface area (Å²) in [6.07, 6.45) is 3.89. The lowest BCUT2D eigenvalue weighted by Crippen LogP contribution is -2.43. The summed E-state index contributed by atoms with van der Waals surface area (Å²) in [6, 6.07) is 6.44. The van der Waals surface area contributed by atoms with Crippen molar-refractivity contribution >= 4 is 17.2 Å². The summed E-state index contributed by atoms with van der Waals surface area (Å²) in [7, 11) is 0. The molecule has 0 spiro atoms. The first-order valence-electron chi connectivity index (χ1n) is 6.19. The highest BCUT2D eigenvalue weighted by atomic mass is 32.1. The van der Waals surface area contributed by atoms with Crippen LogP contribution in [0, 0.1) is 0 Å². The molecule has 3 rings (SSSR count). The molecular weight excluding hydrogens is 244 g/mol. The van der Waals surface area contributed by atoms with Gasteiger partial charge in [-0.1, -0.05) is 6.07 Å². The summed E-state index contributed by atoms with van der Waals surface area (Å²) in [5.41, 5.74) is 7.01. The highest BCUT2D eigenvalue weighted by Crippen LogP contribution is 2.25. The fourth-order valence-electron chi connectivity index (χ4n) is 2.30. The largest absolute Gasteiger partial charge is 0.355 e. The van der Waals surface area contributed by atoms with Gasteiger partial charge in [-0.25, -0.2) is 9.97 Å². The molecule has 1 saturated heterocycles. The summed E-state index contributed by atoms with van der Waals surface area (Å²) >= 11 is 1.70. The highest BCUT2D eigenvalue weighted by molar-refractivity contribution is 7.13. The minimum Gasteiger partial charge on any atom is -0.355 e. The zero-order valence-corrected chi connectivity index (χ0v) is 10.9. The van der Waals surface area contributed by atoms with Crippen LogP contribution in [-0.2, 0) is 0 Å². The maximum absolute atomic E-state index is 6.01. The molecule has 2 aromatic rings. The van der Waals surface area contributed by atoms with Crippen molar-refractivity contribution in [2.45, 2.75) is 18.9 Å². The number of anilines is 1. The molecule has 5 heteroatoms. The average Bonchev–Trinajstić information content (AvgIpc) is 2.93. The molecule has 1 aliphatic rings. The van der Waals surface area contributed by atoms with E-state index in [0.717, 1.165) is 37.4 Å². The van der Waals surface area contributed by atoms with E-state index in [1.807, 2.05) is 6.07 Å². The van der Waals surface area contributed by atoms with Gasteiger partial charge in [0.05, 0.1) is 10.6 Å². The maximum Gasteiger partial charge on any atom is 0.132 e. The lowest BCUT2D eigenvalue weighted by Gasteiger charge is -2.31. The van der Waals surface area contributed by atoms with Crippen LogP contribution >= 0.6 is 11.3 Å². The molecule has 1 aliphatic heterocycles. The van der Waals surface area contributed by atoms with E-state index in [9.17, 15) is 0 Å². The molecule has 0 amide bonds. The maximum atomic E-state index is 6.01. The van der Waals surface area contributed by atoms with Crippen molar-refractivity contribution in [2.24, 2.45) is 5.73 Å². The van der Waals surface area contributed by atoms with E-state index in [1.165, 1.54) is 4.88 Å². The lowest BCUT2D eigenvalue weighted by molar-refractivity contribution is 0.503. The van der Waals surface area contributed by atoms with Gasteiger partial charge in [-0.05, 0) is 24.3 Å². The molecular formula is C13H16N4S. The van der Waals surface area contributed by atoms with Crippen LogP contribution in [0.3, 0.4) is 0 Å². The van der Waals surface area contributed by atoms with Crippen molar-refractivity contribution < 1.29 is 0 Å². The quantitative estimate of drug-likeness (QED) is 0.898. The molecule has 4 nitrogen and oxygen atoms in total. The van der Waals surface area contributed by atoms with Crippen LogP contribution in [0.25, 0.3) is 10.6 Å².